The van der Waals surface area contributed by atoms with Crippen LogP contribution in [0.1, 0.15) is 78.0 Å². The molecular formula is C34H41F2N3O5Si. The van der Waals surface area contributed by atoms with Crippen molar-refractivity contribution in [1.82, 2.24) is 14.8 Å². The summed E-state index contributed by atoms with van der Waals surface area (Å²) in [7, 11) is -2.07. The molecule has 2 bridgehead atoms. The van der Waals surface area contributed by atoms with Crippen molar-refractivity contribution in [2.45, 2.75) is 83.4 Å². The van der Waals surface area contributed by atoms with Gasteiger partial charge in [-0.05, 0) is 49.0 Å². The molecule has 11 heteroatoms. The second-order valence-corrected chi connectivity index (χ2v) is 18.2. The van der Waals surface area contributed by atoms with Gasteiger partial charge in [0.25, 0.3) is 11.8 Å². The van der Waals surface area contributed by atoms with E-state index in [4.69, 9.17) is 9.16 Å². The smallest absolute Gasteiger partial charge is 0.274 e. The van der Waals surface area contributed by atoms with Gasteiger partial charge in [-0.25, -0.2) is 8.78 Å². The van der Waals surface area contributed by atoms with Gasteiger partial charge in [0.05, 0.1) is 18.7 Å². The van der Waals surface area contributed by atoms with Gasteiger partial charge in [0.1, 0.15) is 23.8 Å². The number of ether oxygens (including phenoxy) is 1. The molecule has 0 unspecified atom stereocenters. The maximum atomic E-state index is 14.2. The van der Waals surface area contributed by atoms with Gasteiger partial charge >= 0.3 is 0 Å². The Morgan fingerprint density at radius 2 is 1.80 bits per heavy atom. The molecule has 3 aromatic rings. The van der Waals surface area contributed by atoms with Gasteiger partial charge < -0.3 is 23.9 Å². The molecule has 2 amide bonds. The summed E-state index contributed by atoms with van der Waals surface area (Å²) >= 11 is 0. The lowest BCUT2D eigenvalue weighted by Crippen LogP contribution is -2.52. The van der Waals surface area contributed by atoms with Crippen LogP contribution in [-0.4, -0.2) is 48.8 Å². The molecule has 2 aliphatic heterocycles. The number of nitrogens with one attached hydrogen (secondary N) is 1. The SMILES string of the molecule is CC(C)(C)[Si](C)(C)OC[C@H]1CCC[C@H]2CN1C(=O)c1c(OCc3ccccc3)c(=O)c(C(=O)NCc3ccc(F)cc3F)cn12. The van der Waals surface area contributed by atoms with Crippen molar-refractivity contribution in [3.8, 4) is 5.75 Å². The van der Waals surface area contributed by atoms with E-state index in [-0.39, 0.29) is 58.8 Å². The zero-order valence-electron chi connectivity index (χ0n) is 26.5. The number of halogens is 2. The molecule has 5 rings (SSSR count). The highest BCUT2D eigenvalue weighted by Gasteiger charge is 2.43. The van der Waals surface area contributed by atoms with Crippen LogP contribution in [0.4, 0.5) is 8.78 Å². The Balaban J connectivity index is 1.49. The average molecular weight is 638 g/mol. The molecule has 240 valence electrons. The molecule has 2 atom stereocenters. The molecule has 1 fully saturated rings. The van der Waals surface area contributed by atoms with Crippen LogP contribution in [0.5, 0.6) is 5.75 Å². The minimum atomic E-state index is -2.07. The number of nitrogens with zero attached hydrogens (tertiary/aromatic N) is 2. The van der Waals surface area contributed by atoms with E-state index in [1.54, 1.807) is 4.57 Å². The molecule has 3 heterocycles. The first-order valence-electron chi connectivity index (χ1n) is 15.4. The van der Waals surface area contributed by atoms with E-state index in [1.165, 1.54) is 12.3 Å². The summed E-state index contributed by atoms with van der Waals surface area (Å²) in [5, 5.41) is 2.59. The molecule has 0 saturated carbocycles. The van der Waals surface area contributed by atoms with Gasteiger partial charge in [0.15, 0.2) is 19.8 Å². The number of amides is 2. The number of carbonyl (C=O) groups excluding carboxylic acids is 2. The van der Waals surface area contributed by atoms with Crippen molar-refractivity contribution in [3.63, 3.8) is 0 Å². The van der Waals surface area contributed by atoms with E-state index >= 15 is 0 Å². The average Bonchev–Trinajstić information content (AvgIpc) is 3.18. The number of carbonyl (C=O) groups is 2. The van der Waals surface area contributed by atoms with Crippen molar-refractivity contribution >= 4 is 20.1 Å². The zero-order valence-corrected chi connectivity index (χ0v) is 27.5. The van der Waals surface area contributed by atoms with E-state index in [0.29, 0.717) is 13.2 Å². The molecular weight excluding hydrogens is 596 g/mol. The van der Waals surface area contributed by atoms with Gasteiger partial charge in [-0.3, -0.25) is 14.4 Å². The van der Waals surface area contributed by atoms with Gasteiger partial charge in [-0.2, -0.15) is 0 Å². The highest BCUT2D eigenvalue weighted by molar-refractivity contribution is 6.74. The monoisotopic (exact) mass is 637 g/mol. The van der Waals surface area contributed by atoms with Crippen molar-refractivity contribution in [3.05, 3.63) is 99.0 Å². The van der Waals surface area contributed by atoms with E-state index in [9.17, 15) is 23.2 Å². The third-order valence-corrected chi connectivity index (χ3v) is 13.8. The zero-order chi connectivity index (χ0) is 32.5. The van der Waals surface area contributed by atoms with E-state index in [0.717, 1.165) is 37.0 Å². The van der Waals surface area contributed by atoms with Gasteiger partial charge in [0.2, 0.25) is 5.43 Å². The maximum Gasteiger partial charge on any atom is 0.274 e. The van der Waals surface area contributed by atoms with Crippen LogP contribution < -0.4 is 15.5 Å². The number of benzene rings is 2. The number of hydrogen-bond acceptors (Lipinski definition) is 5. The Kier molecular flexibility index (Phi) is 9.32. The Hall–Kier alpha value is -3.83. The second-order valence-electron chi connectivity index (χ2n) is 13.4. The van der Waals surface area contributed by atoms with Crippen LogP contribution in [0.25, 0.3) is 0 Å². The Bertz CT molecular complexity index is 1640. The Labute approximate surface area is 263 Å². The number of pyridine rings is 1. The van der Waals surface area contributed by atoms with Crippen LogP contribution >= 0.6 is 0 Å². The highest BCUT2D eigenvalue weighted by atomic mass is 28.4. The molecule has 1 aromatic heterocycles. The van der Waals surface area contributed by atoms with Crippen LogP contribution in [0.3, 0.4) is 0 Å². The first-order chi connectivity index (χ1) is 21.3. The van der Waals surface area contributed by atoms with Gasteiger partial charge in [0, 0.05) is 30.9 Å². The molecule has 0 aliphatic carbocycles. The fraction of sp³-hybridized carbons (Fsp3) is 0.441. The number of aromatic nitrogens is 1. The van der Waals surface area contributed by atoms with Crippen molar-refractivity contribution in [1.29, 1.82) is 0 Å². The fourth-order valence-corrected chi connectivity index (χ4v) is 6.63. The summed E-state index contributed by atoms with van der Waals surface area (Å²) in [6.07, 6.45) is 3.75. The predicted molar refractivity (Wildman–Crippen MR) is 170 cm³/mol. The largest absolute Gasteiger partial charge is 0.483 e. The molecule has 8 nitrogen and oxygen atoms in total. The lowest BCUT2D eigenvalue weighted by atomic mass is 10.1. The van der Waals surface area contributed by atoms with Gasteiger partial charge in [-0.15, -0.1) is 0 Å². The lowest BCUT2D eigenvalue weighted by Gasteiger charge is -2.41. The van der Waals surface area contributed by atoms with E-state index < -0.39 is 31.3 Å². The molecule has 2 aliphatic rings. The first kappa shape index (κ1) is 32.6. The third-order valence-electron chi connectivity index (χ3n) is 9.34. The summed E-state index contributed by atoms with van der Waals surface area (Å²) < 4.78 is 42.0. The Morgan fingerprint density at radius 1 is 1.07 bits per heavy atom. The highest BCUT2D eigenvalue weighted by Crippen LogP contribution is 2.39. The first-order valence-corrected chi connectivity index (χ1v) is 18.3. The fourth-order valence-electron chi connectivity index (χ4n) is 5.58. The molecule has 0 radical (unpaired) electrons. The van der Waals surface area contributed by atoms with Crippen molar-refractivity contribution < 1.29 is 27.5 Å². The minimum Gasteiger partial charge on any atom is -0.483 e. The lowest BCUT2D eigenvalue weighted by molar-refractivity contribution is 0.0508. The van der Waals surface area contributed by atoms with Crippen LogP contribution in [0.15, 0.2) is 59.5 Å². The molecule has 1 N–H and O–H groups in total. The third kappa shape index (κ3) is 6.89. The summed E-state index contributed by atoms with van der Waals surface area (Å²) in [4.78, 5) is 43.3. The Morgan fingerprint density at radius 3 is 2.49 bits per heavy atom. The quantitative estimate of drug-likeness (QED) is 0.282. The predicted octanol–water partition coefficient (Wildman–Crippen LogP) is 6.21. The van der Waals surface area contributed by atoms with Crippen molar-refractivity contribution in [2.24, 2.45) is 0 Å². The van der Waals surface area contributed by atoms with Crippen LogP contribution in [-0.2, 0) is 17.6 Å². The second kappa shape index (κ2) is 12.9. The summed E-state index contributed by atoms with van der Waals surface area (Å²) in [6.45, 7) is 11.5. The van der Waals surface area contributed by atoms with Crippen LogP contribution in [0, 0.1) is 11.6 Å². The minimum absolute atomic E-state index is 0.0178. The summed E-state index contributed by atoms with van der Waals surface area (Å²) in [6, 6.07) is 12.0. The van der Waals surface area contributed by atoms with Crippen LogP contribution in [0.2, 0.25) is 18.1 Å². The number of hydrogen-bond donors (Lipinski definition) is 1. The summed E-state index contributed by atoms with van der Waals surface area (Å²) in [5.74, 6) is -2.80. The molecule has 2 aromatic carbocycles. The molecule has 45 heavy (non-hydrogen) atoms. The number of fused-ring (bicyclic) bond motifs is 4. The topological polar surface area (TPSA) is 89.9 Å². The summed E-state index contributed by atoms with van der Waals surface area (Å²) in [5.41, 5.74) is 0.0412. The maximum absolute atomic E-state index is 14.2. The van der Waals surface area contributed by atoms with E-state index in [1.807, 2.05) is 35.2 Å². The van der Waals surface area contributed by atoms with Crippen molar-refractivity contribution in [2.75, 3.05) is 13.2 Å². The standard InChI is InChI=1S/C34H41F2N3O5Si/c1-34(2,3)45(4,5)44-21-26-13-9-12-25-18-39(26)33(42)29-31(43-20-22-10-7-6-8-11-22)30(40)27(19-38(25)29)32(41)37-17-23-14-15-24(35)16-28(23)36/h6-8,10-11,14-16,19,25-26H,9,12-13,17-18,20-21H2,1-5H3,(H,37,41)/t25-,26+/m0/s1. The normalized spacial score (nSPS) is 18.3. The van der Waals surface area contributed by atoms with E-state index in [2.05, 4.69) is 39.2 Å². The van der Waals surface area contributed by atoms with Gasteiger partial charge in [-0.1, -0.05) is 57.2 Å². The molecule has 1 saturated heterocycles. The number of rotatable bonds is 9. The molecule has 0 spiro atoms.